The van der Waals surface area contributed by atoms with Gasteiger partial charge in [-0.05, 0) is 18.6 Å². The summed E-state index contributed by atoms with van der Waals surface area (Å²) < 4.78 is 24.8. The summed E-state index contributed by atoms with van der Waals surface area (Å²) in [4.78, 5) is 13.8. The normalized spacial score (nSPS) is 21.1. The summed E-state index contributed by atoms with van der Waals surface area (Å²) in [5, 5.41) is 2.59. The maximum absolute atomic E-state index is 13.5. The van der Waals surface area contributed by atoms with Crippen molar-refractivity contribution in [2.75, 3.05) is 31.6 Å². The first kappa shape index (κ1) is 13.3. The molecule has 0 bridgehead atoms. The third-order valence-electron chi connectivity index (χ3n) is 3.63. The van der Waals surface area contributed by atoms with Crippen LogP contribution in [0.2, 0.25) is 0 Å². The zero-order chi connectivity index (χ0) is 14.0. The van der Waals surface area contributed by atoms with E-state index >= 15 is 0 Å². The van der Waals surface area contributed by atoms with E-state index < -0.39 is 11.6 Å². The fraction of sp³-hybridized carbons (Fsp3) is 0.500. The summed E-state index contributed by atoms with van der Waals surface area (Å²) in [5.74, 6) is -1.11. The van der Waals surface area contributed by atoms with Gasteiger partial charge in [-0.3, -0.25) is 0 Å². The lowest BCUT2D eigenvalue weighted by Gasteiger charge is -2.38. The van der Waals surface area contributed by atoms with E-state index in [0.29, 0.717) is 26.3 Å². The van der Waals surface area contributed by atoms with Crippen LogP contribution in [0.4, 0.5) is 14.9 Å². The molecule has 0 atom stereocenters. The second-order valence-corrected chi connectivity index (χ2v) is 5.04. The third kappa shape index (κ3) is 2.62. The number of carbonyl (C=O) groups excluding carboxylic acids is 1. The molecule has 1 aromatic rings. The van der Waals surface area contributed by atoms with Crippen molar-refractivity contribution < 1.29 is 18.7 Å². The summed E-state index contributed by atoms with van der Waals surface area (Å²) >= 11 is 0. The molecule has 2 aliphatic heterocycles. The number of hydrogen-bond acceptors (Lipinski definition) is 3. The van der Waals surface area contributed by atoms with Crippen LogP contribution in [-0.4, -0.2) is 43.0 Å². The summed E-state index contributed by atoms with van der Waals surface area (Å²) in [7, 11) is 0. The van der Waals surface area contributed by atoms with Crippen LogP contribution < -0.4 is 5.32 Å². The van der Waals surface area contributed by atoms with Gasteiger partial charge in [0, 0.05) is 13.0 Å². The Morgan fingerprint density at radius 3 is 2.80 bits per heavy atom. The van der Waals surface area contributed by atoms with Gasteiger partial charge in [-0.15, -0.1) is 0 Å². The number of nitrogens with one attached hydrogen (secondary N) is 1. The van der Waals surface area contributed by atoms with Gasteiger partial charge in [0.05, 0.1) is 25.4 Å². The Bertz CT molecular complexity index is 503. The van der Waals surface area contributed by atoms with Crippen LogP contribution in [0.5, 0.6) is 0 Å². The molecule has 2 amide bonds. The first-order valence-corrected chi connectivity index (χ1v) is 6.77. The van der Waals surface area contributed by atoms with E-state index in [0.717, 1.165) is 12.8 Å². The summed E-state index contributed by atoms with van der Waals surface area (Å²) in [5.41, 5.74) is 0.186. The Hall–Kier alpha value is -1.66. The quantitative estimate of drug-likeness (QED) is 0.858. The number of urea groups is 1. The van der Waals surface area contributed by atoms with Crippen molar-refractivity contribution in [1.82, 2.24) is 4.90 Å². The van der Waals surface area contributed by atoms with Crippen LogP contribution in [-0.2, 0) is 9.47 Å². The molecule has 2 saturated heterocycles. The van der Waals surface area contributed by atoms with Crippen LogP contribution in [0, 0.1) is 5.82 Å². The Morgan fingerprint density at radius 1 is 1.30 bits per heavy atom. The van der Waals surface area contributed by atoms with E-state index in [1.54, 1.807) is 17.0 Å². The van der Waals surface area contributed by atoms with Gasteiger partial charge < -0.3 is 19.7 Å². The number of carbonyl (C=O) groups is 1. The molecule has 0 radical (unpaired) electrons. The lowest BCUT2D eigenvalue weighted by Crippen LogP contribution is -2.52. The molecule has 5 nitrogen and oxygen atoms in total. The smallest absolute Gasteiger partial charge is 0.322 e. The molecule has 0 aromatic heterocycles. The number of anilines is 1. The summed E-state index contributed by atoms with van der Waals surface area (Å²) in [6, 6.07) is 5.79. The number of amides is 2. The second-order valence-electron chi connectivity index (χ2n) is 5.04. The van der Waals surface area contributed by atoms with Crippen molar-refractivity contribution in [3.05, 3.63) is 30.1 Å². The van der Waals surface area contributed by atoms with E-state index in [9.17, 15) is 9.18 Å². The van der Waals surface area contributed by atoms with Crippen LogP contribution in [0.1, 0.15) is 12.8 Å². The number of likely N-dealkylation sites (tertiary alicyclic amines) is 1. The average Bonchev–Trinajstić information content (AvgIpc) is 2.89. The highest BCUT2D eigenvalue weighted by molar-refractivity contribution is 5.89. The SMILES string of the molecule is O=C(Nc1ccccc1F)N1CCCC2(C1)OCCO2. The molecule has 6 heteroatoms. The number of nitrogens with zero attached hydrogens (tertiary/aromatic N) is 1. The Labute approximate surface area is 116 Å². The van der Waals surface area contributed by atoms with Crippen LogP contribution in [0.25, 0.3) is 0 Å². The Balaban J connectivity index is 1.66. The largest absolute Gasteiger partial charge is 0.346 e. The topological polar surface area (TPSA) is 50.8 Å². The van der Waals surface area contributed by atoms with Crippen molar-refractivity contribution in [2.24, 2.45) is 0 Å². The second kappa shape index (κ2) is 5.38. The fourth-order valence-electron chi connectivity index (χ4n) is 2.65. The van der Waals surface area contributed by atoms with Gasteiger partial charge in [0.1, 0.15) is 5.82 Å². The Morgan fingerprint density at radius 2 is 2.05 bits per heavy atom. The Kier molecular flexibility index (Phi) is 3.58. The van der Waals surface area contributed by atoms with Crippen molar-refractivity contribution in [3.8, 4) is 0 Å². The minimum absolute atomic E-state index is 0.186. The zero-order valence-corrected chi connectivity index (χ0v) is 11.1. The highest BCUT2D eigenvalue weighted by Crippen LogP contribution is 2.30. The van der Waals surface area contributed by atoms with Crippen LogP contribution in [0.3, 0.4) is 0 Å². The molecule has 1 aromatic carbocycles. The zero-order valence-electron chi connectivity index (χ0n) is 11.1. The van der Waals surface area contributed by atoms with E-state index in [4.69, 9.17) is 9.47 Å². The van der Waals surface area contributed by atoms with Gasteiger partial charge in [-0.1, -0.05) is 12.1 Å². The lowest BCUT2D eigenvalue weighted by atomic mass is 10.1. The predicted octanol–water partition coefficient (Wildman–Crippen LogP) is 2.20. The fourth-order valence-corrected chi connectivity index (χ4v) is 2.65. The monoisotopic (exact) mass is 280 g/mol. The van der Waals surface area contributed by atoms with Gasteiger partial charge in [0.15, 0.2) is 5.79 Å². The summed E-state index contributed by atoms with van der Waals surface area (Å²) in [6.45, 7) is 2.12. The number of ether oxygens (including phenoxy) is 2. The predicted molar refractivity (Wildman–Crippen MR) is 70.9 cm³/mol. The molecule has 2 fully saturated rings. The molecule has 2 aliphatic rings. The van der Waals surface area contributed by atoms with Crippen molar-refractivity contribution in [2.45, 2.75) is 18.6 Å². The van der Waals surface area contributed by atoms with E-state index in [1.165, 1.54) is 12.1 Å². The number of para-hydroxylation sites is 1. The van der Waals surface area contributed by atoms with Gasteiger partial charge in [0.2, 0.25) is 0 Å². The van der Waals surface area contributed by atoms with E-state index in [-0.39, 0.29) is 11.7 Å². The van der Waals surface area contributed by atoms with Gasteiger partial charge in [-0.2, -0.15) is 0 Å². The number of benzene rings is 1. The summed E-state index contributed by atoms with van der Waals surface area (Å²) in [6.07, 6.45) is 1.60. The molecule has 20 heavy (non-hydrogen) atoms. The van der Waals surface area contributed by atoms with Gasteiger partial charge in [0.25, 0.3) is 0 Å². The average molecular weight is 280 g/mol. The number of rotatable bonds is 1. The van der Waals surface area contributed by atoms with Gasteiger partial charge in [-0.25, -0.2) is 9.18 Å². The standard InChI is InChI=1S/C14H17FN2O3/c15-11-4-1-2-5-12(11)16-13(18)17-7-3-6-14(10-17)19-8-9-20-14/h1-2,4-5H,3,6-10H2,(H,16,18). The third-order valence-corrected chi connectivity index (χ3v) is 3.63. The molecule has 108 valence electrons. The number of hydrogen-bond donors (Lipinski definition) is 1. The maximum Gasteiger partial charge on any atom is 0.322 e. The molecule has 3 rings (SSSR count). The molecular weight excluding hydrogens is 263 g/mol. The van der Waals surface area contributed by atoms with Crippen LogP contribution >= 0.6 is 0 Å². The minimum Gasteiger partial charge on any atom is -0.346 e. The highest BCUT2D eigenvalue weighted by Gasteiger charge is 2.42. The van der Waals surface area contributed by atoms with Crippen molar-refractivity contribution in [1.29, 1.82) is 0 Å². The molecular formula is C14H17FN2O3. The molecule has 0 unspecified atom stereocenters. The van der Waals surface area contributed by atoms with E-state index in [2.05, 4.69) is 5.32 Å². The molecule has 2 heterocycles. The molecule has 0 aliphatic carbocycles. The molecule has 0 saturated carbocycles. The van der Waals surface area contributed by atoms with Gasteiger partial charge >= 0.3 is 6.03 Å². The first-order valence-electron chi connectivity index (χ1n) is 6.77. The minimum atomic E-state index is -0.662. The van der Waals surface area contributed by atoms with E-state index in [1.807, 2.05) is 0 Å². The lowest BCUT2D eigenvalue weighted by molar-refractivity contribution is -0.182. The van der Waals surface area contributed by atoms with Crippen molar-refractivity contribution in [3.63, 3.8) is 0 Å². The maximum atomic E-state index is 13.5. The molecule has 1 N–H and O–H groups in total. The highest BCUT2D eigenvalue weighted by atomic mass is 19.1. The van der Waals surface area contributed by atoms with Crippen LogP contribution in [0.15, 0.2) is 24.3 Å². The number of piperidine rings is 1. The first-order chi connectivity index (χ1) is 9.69. The number of halogens is 1. The van der Waals surface area contributed by atoms with Crippen molar-refractivity contribution >= 4 is 11.7 Å². The molecule has 1 spiro atoms.